The zero-order valence-electron chi connectivity index (χ0n) is 12.3. The molecule has 0 aliphatic heterocycles. The average molecular weight is 295 g/mol. The van der Waals surface area contributed by atoms with Crippen molar-refractivity contribution in [2.45, 2.75) is 13.5 Å². The number of hydrogen-bond donors (Lipinski definition) is 2. The Morgan fingerprint density at radius 2 is 1.82 bits per heavy atom. The van der Waals surface area contributed by atoms with Crippen molar-refractivity contribution in [1.29, 1.82) is 5.26 Å². The second-order valence-electron chi connectivity index (χ2n) is 4.57. The lowest BCUT2D eigenvalue weighted by atomic mass is 10.1. The van der Waals surface area contributed by atoms with Gasteiger partial charge < -0.3 is 15.4 Å². The molecule has 112 valence electrons. The molecule has 2 aromatic carbocycles. The normalized spacial score (nSPS) is 9.64. The summed E-state index contributed by atoms with van der Waals surface area (Å²) >= 11 is 0. The summed E-state index contributed by atoms with van der Waals surface area (Å²) in [7, 11) is 0. The molecule has 0 bridgehead atoms. The van der Waals surface area contributed by atoms with Crippen molar-refractivity contribution in [3.63, 3.8) is 0 Å². The topological polar surface area (TPSA) is 74.2 Å². The van der Waals surface area contributed by atoms with Crippen LogP contribution in [0, 0.1) is 11.3 Å². The fraction of sp³-hybridized carbons (Fsp3) is 0.176. The second kappa shape index (κ2) is 7.70. The van der Waals surface area contributed by atoms with Crippen LogP contribution in [-0.4, -0.2) is 12.6 Å². The molecule has 2 aromatic rings. The fourth-order valence-electron chi connectivity index (χ4n) is 1.86. The van der Waals surface area contributed by atoms with Crippen LogP contribution in [0.4, 0.5) is 10.5 Å². The van der Waals surface area contributed by atoms with Crippen LogP contribution in [0.2, 0.25) is 0 Å². The Balaban J connectivity index is 1.83. The van der Waals surface area contributed by atoms with Crippen molar-refractivity contribution in [3.05, 3.63) is 59.7 Å². The van der Waals surface area contributed by atoms with Gasteiger partial charge in [0.2, 0.25) is 0 Å². The molecule has 2 N–H and O–H groups in total. The molecule has 0 radical (unpaired) electrons. The molecule has 0 saturated heterocycles. The molecule has 22 heavy (non-hydrogen) atoms. The summed E-state index contributed by atoms with van der Waals surface area (Å²) in [5.41, 5.74) is 2.23. The summed E-state index contributed by atoms with van der Waals surface area (Å²) in [6.07, 6.45) is 0. The van der Waals surface area contributed by atoms with Crippen molar-refractivity contribution in [1.82, 2.24) is 5.32 Å². The lowest BCUT2D eigenvalue weighted by molar-refractivity contribution is 0.251. The maximum Gasteiger partial charge on any atom is 0.319 e. The van der Waals surface area contributed by atoms with Crippen molar-refractivity contribution in [2.24, 2.45) is 0 Å². The molecule has 0 aliphatic carbocycles. The molecule has 0 spiro atoms. The van der Waals surface area contributed by atoms with Gasteiger partial charge >= 0.3 is 6.03 Å². The van der Waals surface area contributed by atoms with Gasteiger partial charge in [0, 0.05) is 12.2 Å². The van der Waals surface area contributed by atoms with Gasteiger partial charge in [-0.05, 0) is 48.9 Å². The molecule has 0 fully saturated rings. The number of nitriles is 1. The summed E-state index contributed by atoms with van der Waals surface area (Å²) in [4.78, 5) is 11.8. The van der Waals surface area contributed by atoms with Gasteiger partial charge in [-0.25, -0.2) is 4.79 Å². The average Bonchev–Trinajstić information content (AvgIpc) is 2.55. The summed E-state index contributed by atoms with van der Waals surface area (Å²) in [6.45, 7) is 2.93. The van der Waals surface area contributed by atoms with Crippen molar-refractivity contribution >= 4 is 11.7 Å². The van der Waals surface area contributed by atoms with E-state index >= 15 is 0 Å². The SMILES string of the molecule is CCOc1ccc(NC(=O)NCc2ccc(C#N)cc2)cc1. The molecule has 0 unspecified atom stereocenters. The van der Waals surface area contributed by atoms with Crippen molar-refractivity contribution < 1.29 is 9.53 Å². The molecular formula is C17H17N3O2. The first-order valence-electron chi connectivity index (χ1n) is 6.98. The number of nitrogens with one attached hydrogen (secondary N) is 2. The maximum absolute atomic E-state index is 11.8. The lowest BCUT2D eigenvalue weighted by Crippen LogP contribution is -2.28. The molecule has 0 heterocycles. The zero-order valence-corrected chi connectivity index (χ0v) is 12.3. The Kier molecular flexibility index (Phi) is 5.38. The van der Waals surface area contributed by atoms with E-state index in [4.69, 9.17) is 10.00 Å². The number of carbonyl (C=O) groups excluding carboxylic acids is 1. The third kappa shape index (κ3) is 4.53. The number of carbonyl (C=O) groups is 1. The smallest absolute Gasteiger partial charge is 0.319 e. The number of amides is 2. The van der Waals surface area contributed by atoms with Gasteiger partial charge in [0.15, 0.2) is 0 Å². The highest BCUT2D eigenvalue weighted by molar-refractivity contribution is 5.89. The predicted octanol–water partition coefficient (Wildman–Crippen LogP) is 3.28. The molecule has 5 heteroatoms. The highest BCUT2D eigenvalue weighted by Crippen LogP contribution is 2.15. The quantitative estimate of drug-likeness (QED) is 0.889. The lowest BCUT2D eigenvalue weighted by Gasteiger charge is -2.09. The zero-order chi connectivity index (χ0) is 15.8. The van der Waals surface area contributed by atoms with E-state index < -0.39 is 0 Å². The van der Waals surface area contributed by atoms with Crippen LogP contribution in [-0.2, 0) is 6.54 Å². The van der Waals surface area contributed by atoms with Gasteiger partial charge in [-0.3, -0.25) is 0 Å². The minimum absolute atomic E-state index is 0.284. The van der Waals surface area contributed by atoms with Gasteiger partial charge in [0.05, 0.1) is 18.2 Å². The molecule has 0 saturated carbocycles. The van der Waals surface area contributed by atoms with E-state index in [0.29, 0.717) is 24.4 Å². The molecule has 0 atom stereocenters. The highest BCUT2D eigenvalue weighted by atomic mass is 16.5. The standard InChI is InChI=1S/C17H17N3O2/c1-2-22-16-9-7-15(8-10-16)20-17(21)19-12-14-5-3-13(11-18)4-6-14/h3-10H,2,12H2,1H3,(H2,19,20,21). The van der Waals surface area contributed by atoms with E-state index in [1.54, 1.807) is 36.4 Å². The Hall–Kier alpha value is -3.00. The van der Waals surface area contributed by atoms with E-state index in [0.717, 1.165) is 11.3 Å². The van der Waals surface area contributed by atoms with E-state index in [2.05, 4.69) is 16.7 Å². The number of rotatable bonds is 5. The third-order valence-corrected chi connectivity index (χ3v) is 2.96. The number of hydrogen-bond acceptors (Lipinski definition) is 3. The third-order valence-electron chi connectivity index (χ3n) is 2.96. The minimum Gasteiger partial charge on any atom is -0.494 e. The van der Waals surface area contributed by atoms with E-state index in [1.807, 2.05) is 19.1 Å². The molecule has 0 aromatic heterocycles. The first kappa shape index (κ1) is 15.4. The maximum atomic E-state index is 11.8. The Morgan fingerprint density at radius 1 is 1.14 bits per heavy atom. The summed E-state index contributed by atoms with van der Waals surface area (Å²) in [5, 5.41) is 14.2. The van der Waals surface area contributed by atoms with Gasteiger partial charge in [0.1, 0.15) is 5.75 Å². The predicted molar refractivity (Wildman–Crippen MR) is 84.6 cm³/mol. The monoisotopic (exact) mass is 295 g/mol. The van der Waals surface area contributed by atoms with E-state index in [9.17, 15) is 4.79 Å². The van der Waals surface area contributed by atoms with Crippen molar-refractivity contribution in [3.8, 4) is 11.8 Å². The molecule has 5 nitrogen and oxygen atoms in total. The largest absolute Gasteiger partial charge is 0.494 e. The van der Waals surface area contributed by atoms with Gasteiger partial charge in [-0.2, -0.15) is 5.26 Å². The highest BCUT2D eigenvalue weighted by Gasteiger charge is 2.02. The van der Waals surface area contributed by atoms with Crippen LogP contribution in [0.3, 0.4) is 0 Å². The number of benzene rings is 2. The number of urea groups is 1. The number of nitrogens with zero attached hydrogens (tertiary/aromatic N) is 1. The minimum atomic E-state index is -0.284. The van der Waals surface area contributed by atoms with E-state index in [-0.39, 0.29) is 6.03 Å². The Labute approximate surface area is 129 Å². The van der Waals surface area contributed by atoms with Gasteiger partial charge in [-0.1, -0.05) is 12.1 Å². The summed E-state index contributed by atoms with van der Waals surface area (Å²) < 4.78 is 5.34. The summed E-state index contributed by atoms with van der Waals surface area (Å²) in [5.74, 6) is 0.769. The first-order valence-corrected chi connectivity index (χ1v) is 6.98. The molecule has 0 aliphatic rings. The molecule has 2 rings (SSSR count). The van der Waals surface area contributed by atoms with Gasteiger partial charge in [-0.15, -0.1) is 0 Å². The molecule has 2 amide bonds. The number of anilines is 1. The van der Waals surface area contributed by atoms with Crippen LogP contribution >= 0.6 is 0 Å². The van der Waals surface area contributed by atoms with Crippen molar-refractivity contribution in [2.75, 3.05) is 11.9 Å². The molecular weight excluding hydrogens is 278 g/mol. The van der Waals surface area contributed by atoms with Crippen LogP contribution in [0.5, 0.6) is 5.75 Å². The van der Waals surface area contributed by atoms with Gasteiger partial charge in [0.25, 0.3) is 0 Å². The van der Waals surface area contributed by atoms with E-state index in [1.165, 1.54) is 0 Å². The van der Waals surface area contributed by atoms with Crippen LogP contribution in [0.25, 0.3) is 0 Å². The van der Waals surface area contributed by atoms with Crippen LogP contribution in [0.1, 0.15) is 18.1 Å². The van der Waals surface area contributed by atoms with Crippen LogP contribution < -0.4 is 15.4 Å². The van der Waals surface area contributed by atoms with Crippen LogP contribution in [0.15, 0.2) is 48.5 Å². The second-order valence-corrected chi connectivity index (χ2v) is 4.57. The summed E-state index contributed by atoms with van der Waals surface area (Å²) in [6, 6.07) is 16.0. The first-order chi connectivity index (χ1) is 10.7. The fourth-order valence-corrected chi connectivity index (χ4v) is 1.86. The Morgan fingerprint density at radius 3 is 2.41 bits per heavy atom. The Bertz CT molecular complexity index is 658. The number of ether oxygens (including phenoxy) is 1.